The molecule has 1 aromatic carbocycles. The summed E-state index contributed by atoms with van der Waals surface area (Å²) in [5.74, 6) is 0. The van der Waals surface area contributed by atoms with Gasteiger partial charge in [-0.1, -0.05) is 18.2 Å². The van der Waals surface area contributed by atoms with Gasteiger partial charge in [-0.15, -0.1) is 0 Å². The van der Waals surface area contributed by atoms with Gasteiger partial charge in [0, 0.05) is 24.2 Å². The fourth-order valence-electron chi connectivity index (χ4n) is 2.48. The number of nitrogens with zero attached hydrogens (tertiary/aromatic N) is 2. The Labute approximate surface area is 116 Å². The Morgan fingerprint density at radius 2 is 1.70 bits per heavy atom. The molecule has 0 aliphatic carbocycles. The van der Waals surface area contributed by atoms with Crippen LogP contribution in [0.5, 0.6) is 0 Å². The molecule has 0 bridgehead atoms. The molecule has 100 valence electrons. The van der Waals surface area contributed by atoms with Crippen molar-refractivity contribution in [2.45, 2.75) is 20.3 Å². The number of hydrogen-bond acceptors (Lipinski definition) is 3. The van der Waals surface area contributed by atoms with Gasteiger partial charge in [-0.2, -0.15) is 5.10 Å². The van der Waals surface area contributed by atoms with E-state index < -0.39 is 0 Å². The standard InChI is InChI=1S/C16H15N3O/c1-10-8-17-9-11(2)14(10)7-15-12-5-3-4-6-13(12)16(20)19-18-15/h3-6,8-9H,7H2,1-2H3,(H,19,20). The third kappa shape index (κ3) is 2.09. The number of nitrogens with one attached hydrogen (secondary N) is 1. The maximum absolute atomic E-state index is 11.8. The summed E-state index contributed by atoms with van der Waals surface area (Å²) in [6.45, 7) is 4.09. The monoisotopic (exact) mass is 265 g/mol. The third-order valence-corrected chi connectivity index (χ3v) is 3.61. The summed E-state index contributed by atoms with van der Waals surface area (Å²) in [4.78, 5) is 16.0. The van der Waals surface area contributed by atoms with Gasteiger partial charge < -0.3 is 0 Å². The summed E-state index contributed by atoms with van der Waals surface area (Å²) in [5, 5.41) is 8.40. The van der Waals surface area contributed by atoms with E-state index in [1.807, 2.05) is 50.5 Å². The molecule has 3 rings (SSSR count). The van der Waals surface area contributed by atoms with Crippen LogP contribution in [0.1, 0.15) is 22.4 Å². The van der Waals surface area contributed by atoms with Gasteiger partial charge in [-0.25, -0.2) is 5.10 Å². The van der Waals surface area contributed by atoms with E-state index in [4.69, 9.17) is 0 Å². The summed E-state index contributed by atoms with van der Waals surface area (Å²) in [6, 6.07) is 7.56. The maximum Gasteiger partial charge on any atom is 0.272 e. The lowest BCUT2D eigenvalue weighted by Crippen LogP contribution is -2.11. The van der Waals surface area contributed by atoms with E-state index >= 15 is 0 Å². The first-order valence-corrected chi connectivity index (χ1v) is 6.53. The molecule has 0 spiro atoms. The molecule has 0 amide bonds. The first-order valence-electron chi connectivity index (χ1n) is 6.53. The number of hydrogen-bond donors (Lipinski definition) is 1. The minimum Gasteiger partial charge on any atom is -0.267 e. The van der Waals surface area contributed by atoms with Crippen molar-refractivity contribution in [3.8, 4) is 0 Å². The van der Waals surface area contributed by atoms with Crippen LogP contribution in [0.25, 0.3) is 10.8 Å². The van der Waals surface area contributed by atoms with Crippen LogP contribution in [0.3, 0.4) is 0 Å². The van der Waals surface area contributed by atoms with Gasteiger partial charge in [0.1, 0.15) is 0 Å². The average Bonchev–Trinajstić information content (AvgIpc) is 2.46. The molecule has 0 fully saturated rings. The first-order chi connectivity index (χ1) is 9.66. The highest BCUT2D eigenvalue weighted by molar-refractivity contribution is 5.83. The molecule has 0 saturated heterocycles. The molecular weight excluding hydrogens is 250 g/mol. The van der Waals surface area contributed by atoms with Gasteiger partial charge in [0.15, 0.2) is 0 Å². The summed E-state index contributed by atoms with van der Waals surface area (Å²) >= 11 is 0. The van der Waals surface area contributed by atoms with Gasteiger partial charge in [-0.3, -0.25) is 9.78 Å². The van der Waals surface area contributed by atoms with Gasteiger partial charge in [0.05, 0.1) is 11.1 Å². The molecule has 2 aromatic heterocycles. The normalized spacial score (nSPS) is 10.9. The first kappa shape index (κ1) is 12.5. The topological polar surface area (TPSA) is 58.6 Å². The zero-order valence-corrected chi connectivity index (χ0v) is 11.5. The van der Waals surface area contributed by atoms with Gasteiger partial charge in [0.25, 0.3) is 5.56 Å². The number of aryl methyl sites for hydroxylation is 2. The van der Waals surface area contributed by atoms with Crippen molar-refractivity contribution < 1.29 is 0 Å². The number of fused-ring (bicyclic) bond motifs is 1. The summed E-state index contributed by atoms with van der Waals surface area (Å²) in [5.41, 5.74) is 4.24. The molecule has 1 N–H and O–H groups in total. The second-order valence-corrected chi connectivity index (χ2v) is 4.97. The quantitative estimate of drug-likeness (QED) is 0.774. The number of aromatic amines is 1. The minimum absolute atomic E-state index is 0.146. The Morgan fingerprint density at radius 3 is 2.40 bits per heavy atom. The molecule has 0 unspecified atom stereocenters. The molecule has 20 heavy (non-hydrogen) atoms. The number of aromatic nitrogens is 3. The van der Waals surface area contributed by atoms with E-state index in [1.165, 1.54) is 5.56 Å². The Kier molecular flexibility index (Phi) is 3.06. The van der Waals surface area contributed by atoms with E-state index in [9.17, 15) is 4.79 Å². The largest absolute Gasteiger partial charge is 0.272 e. The third-order valence-electron chi connectivity index (χ3n) is 3.61. The fourth-order valence-corrected chi connectivity index (χ4v) is 2.48. The van der Waals surface area contributed by atoms with Crippen molar-refractivity contribution in [3.63, 3.8) is 0 Å². The maximum atomic E-state index is 11.8. The molecule has 4 nitrogen and oxygen atoms in total. The van der Waals surface area contributed by atoms with E-state index in [0.717, 1.165) is 22.2 Å². The SMILES string of the molecule is Cc1cncc(C)c1Cc1n[nH]c(=O)c2ccccc12. The van der Waals surface area contributed by atoms with Crippen LogP contribution >= 0.6 is 0 Å². The Morgan fingerprint density at radius 1 is 1.05 bits per heavy atom. The lowest BCUT2D eigenvalue weighted by Gasteiger charge is -2.10. The number of rotatable bonds is 2. The van der Waals surface area contributed by atoms with E-state index in [2.05, 4.69) is 15.2 Å². The van der Waals surface area contributed by atoms with Crippen LogP contribution in [0.2, 0.25) is 0 Å². The van der Waals surface area contributed by atoms with Crippen molar-refractivity contribution in [2.24, 2.45) is 0 Å². The summed E-state index contributed by atoms with van der Waals surface area (Å²) in [7, 11) is 0. The molecule has 4 heteroatoms. The summed E-state index contributed by atoms with van der Waals surface area (Å²) in [6.07, 6.45) is 4.41. The minimum atomic E-state index is -0.146. The molecule has 3 aromatic rings. The van der Waals surface area contributed by atoms with Crippen LogP contribution in [0.15, 0.2) is 41.5 Å². The Bertz CT molecular complexity index is 816. The predicted molar refractivity (Wildman–Crippen MR) is 78.9 cm³/mol. The van der Waals surface area contributed by atoms with Gasteiger partial charge in [-0.05, 0) is 36.6 Å². The van der Waals surface area contributed by atoms with E-state index in [0.29, 0.717) is 11.8 Å². The molecule has 0 saturated carbocycles. The van der Waals surface area contributed by atoms with Crippen LogP contribution in [0, 0.1) is 13.8 Å². The second kappa shape index (κ2) is 4.89. The van der Waals surface area contributed by atoms with Crippen molar-refractivity contribution >= 4 is 10.8 Å². The van der Waals surface area contributed by atoms with Gasteiger partial charge >= 0.3 is 0 Å². The van der Waals surface area contributed by atoms with Crippen LogP contribution < -0.4 is 5.56 Å². The summed E-state index contributed by atoms with van der Waals surface area (Å²) < 4.78 is 0. The average molecular weight is 265 g/mol. The number of benzene rings is 1. The van der Waals surface area contributed by atoms with Crippen molar-refractivity contribution in [1.82, 2.24) is 15.2 Å². The highest BCUT2D eigenvalue weighted by Gasteiger charge is 2.10. The number of H-pyrrole nitrogens is 1. The van der Waals surface area contributed by atoms with Gasteiger partial charge in [0.2, 0.25) is 0 Å². The predicted octanol–water partition coefficient (Wildman–Crippen LogP) is 2.53. The van der Waals surface area contributed by atoms with Crippen LogP contribution in [-0.4, -0.2) is 15.2 Å². The zero-order chi connectivity index (χ0) is 14.1. The Hall–Kier alpha value is -2.49. The molecule has 0 aliphatic rings. The van der Waals surface area contributed by atoms with Crippen molar-refractivity contribution in [3.05, 3.63) is 69.4 Å². The smallest absolute Gasteiger partial charge is 0.267 e. The highest BCUT2D eigenvalue weighted by atomic mass is 16.1. The molecule has 0 radical (unpaired) electrons. The Balaban J connectivity index is 2.17. The zero-order valence-electron chi connectivity index (χ0n) is 11.5. The number of pyridine rings is 1. The molecule has 0 aliphatic heterocycles. The van der Waals surface area contributed by atoms with Crippen molar-refractivity contribution in [2.75, 3.05) is 0 Å². The fraction of sp³-hybridized carbons (Fsp3) is 0.188. The highest BCUT2D eigenvalue weighted by Crippen LogP contribution is 2.20. The van der Waals surface area contributed by atoms with E-state index in [1.54, 1.807) is 0 Å². The van der Waals surface area contributed by atoms with Crippen LogP contribution in [0.4, 0.5) is 0 Å². The van der Waals surface area contributed by atoms with E-state index in [-0.39, 0.29) is 5.56 Å². The van der Waals surface area contributed by atoms with Crippen molar-refractivity contribution in [1.29, 1.82) is 0 Å². The molecule has 2 heterocycles. The lowest BCUT2D eigenvalue weighted by atomic mass is 9.99. The molecular formula is C16H15N3O. The molecule has 0 atom stereocenters. The lowest BCUT2D eigenvalue weighted by molar-refractivity contribution is 0.923. The second-order valence-electron chi connectivity index (χ2n) is 4.97. The van der Waals surface area contributed by atoms with Crippen LogP contribution in [-0.2, 0) is 6.42 Å².